The molecule has 1 amide bonds. The lowest BCUT2D eigenvalue weighted by atomic mass is 10.1. The fraction of sp³-hybridized carbons (Fsp3) is 0.100. The Morgan fingerprint density at radius 3 is 2.30 bits per heavy atom. The van der Waals surface area contributed by atoms with E-state index in [4.69, 9.17) is 10.8 Å². The van der Waals surface area contributed by atoms with Gasteiger partial charge in [-0.15, -0.1) is 0 Å². The van der Waals surface area contributed by atoms with Gasteiger partial charge in [-0.1, -0.05) is 42.5 Å². The molecule has 3 rings (SSSR count). The first-order valence-corrected chi connectivity index (χ1v) is 8.25. The van der Waals surface area contributed by atoms with Crippen molar-refractivity contribution in [2.45, 2.75) is 13.3 Å². The van der Waals surface area contributed by atoms with Crippen molar-refractivity contribution in [2.24, 2.45) is 5.73 Å². The van der Waals surface area contributed by atoms with Gasteiger partial charge in [0.1, 0.15) is 11.4 Å². The van der Waals surface area contributed by atoms with Crippen molar-refractivity contribution in [2.75, 3.05) is 5.32 Å². The molecule has 0 aliphatic carbocycles. The van der Waals surface area contributed by atoms with Gasteiger partial charge in [0.15, 0.2) is 5.82 Å². The molecule has 0 atom stereocenters. The van der Waals surface area contributed by atoms with Crippen molar-refractivity contribution in [3.8, 4) is 11.4 Å². The van der Waals surface area contributed by atoms with E-state index >= 15 is 0 Å². The molecule has 0 fully saturated rings. The van der Waals surface area contributed by atoms with E-state index in [0.29, 0.717) is 28.6 Å². The number of aryl methyl sites for hydroxylation is 1. The largest absolute Gasteiger partial charge is 0.481 e. The highest BCUT2D eigenvalue weighted by Crippen LogP contribution is 2.25. The highest BCUT2D eigenvalue weighted by Gasteiger charge is 2.17. The normalized spacial score (nSPS) is 10.4. The quantitative estimate of drug-likeness (QED) is 0.620. The number of carboxylic acid groups (broad SMARTS) is 1. The van der Waals surface area contributed by atoms with Crippen LogP contribution in [0.5, 0.6) is 0 Å². The molecule has 0 bridgehead atoms. The predicted octanol–water partition coefficient (Wildman–Crippen LogP) is 2.92. The first kappa shape index (κ1) is 18.1. The molecule has 0 aliphatic heterocycles. The number of nitrogens with one attached hydrogen (secondary N) is 1. The van der Waals surface area contributed by atoms with Crippen molar-refractivity contribution >= 4 is 23.4 Å². The average molecular weight is 362 g/mol. The number of nitrogens with two attached hydrogens (primary N) is 1. The third-order valence-corrected chi connectivity index (χ3v) is 3.94. The number of aromatic nitrogens is 2. The van der Waals surface area contributed by atoms with E-state index < -0.39 is 11.9 Å². The molecular weight excluding hydrogens is 344 g/mol. The standard InChI is InChI=1S/C20H18N4O3/c1-12-17(18(21)27)20(24-19(22-12)14-5-3-2-4-6-14)23-15-9-7-13(8-10-15)11-16(25)26/h2-10H,11H2,1H3,(H2,21,27)(H,25,26)(H,22,23,24). The van der Waals surface area contributed by atoms with E-state index in [1.54, 1.807) is 31.2 Å². The number of hydrogen-bond acceptors (Lipinski definition) is 5. The van der Waals surface area contributed by atoms with Gasteiger partial charge in [-0.05, 0) is 24.6 Å². The minimum atomic E-state index is -0.898. The number of carboxylic acids is 1. The number of benzene rings is 2. The molecule has 1 heterocycles. The smallest absolute Gasteiger partial charge is 0.307 e. The molecule has 7 heteroatoms. The van der Waals surface area contributed by atoms with Gasteiger partial charge in [0.2, 0.25) is 0 Å². The molecule has 4 N–H and O–H groups in total. The van der Waals surface area contributed by atoms with E-state index in [0.717, 1.165) is 5.56 Å². The Labute approximate surface area is 155 Å². The van der Waals surface area contributed by atoms with Crippen molar-refractivity contribution in [1.82, 2.24) is 9.97 Å². The Morgan fingerprint density at radius 1 is 1.04 bits per heavy atom. The second-order valence-corrected chi connectivity index (χ2v) is 5.98. The number of nitrogens with zero attached hydrogens (tertiary/aromatic N) is 2. The summed E-state index contributed by atoms with van der Waals surface area (Å²) in [5.74, 6) is -0.745. The maximum Gasteiger partial charge on any atom is 0.307 e. The molecule has 0 saturated heterocycles. The molecule has 0 unspecified atom stereocenters. The van der Waals surface area contributed by atoms with Gasteiger partial charge in [0, 0.05) is 11.3 Å². The van der Waals surface area contributed by atoms with E-state index in [2.05, 4.69) is 15.3 Å². The van der Waals surface area contributed by atoms with Gasteiger partial charge in [-0.3, -0.25) is 9.59 Å². The molecule has 1 aromatic heterocycles. The van der Waals surface area contributed by atoms with Crippen LogP contribution in [0.25, 0.3) is 11.4 Å². The minimum absolute atomic E-state index is 0.0580. The van der Waals surface area contributed by atoms with E-state index in [1.165, 1.54) is 0 Å². The average Bonchev–Trinajstić information content (AvgIpc) is 2.63. The summed E-state index contributed by atoms with van der Waals surface area (Å²) in [5, 5.41) is 11.9. The lowest BCUT2D eigenvalue weighted by Crippen LogP contribution is -2.17. The molecule has 2 aromatic carbocycles. The molecular formula is C20H18N4O3. The monoisotopic (exact) mass is 362 g/mol. The van der Waals surface area contributed by atoms with Crippen LogP contribution < -0.4 is 11.1 Å². The minimum Gasteiger partial charge on any atom is -0.481 e. The predicted molar refractivity (Wildman–Crippen MR) is 102 cm³/mol. The van der Waals surface area contributed by atoms with Gasteiger partial charge in [-0.2, -0.15) is 0 Å². The Bertz CT molecular complexity index is 986. The van der Waals surface area contributed by atoms with E-state index in [1.807, 2.05) is 30.3 Å². The number of rotatable bonds is 6. The fourth-order valence-electron chi connectivity index (χ4n) is 2.69. The summed E-state index contributed by atoms with van der Waals surface area (Å²) in [7, 11) is 0. The first-order chi connectivity index (χ1) is 12.9. The highest BCUT2D eigenvalue weighted by atomic mass is 16.4. The van der Waals surface area contributed by atoms with Gasteiger partial charge >= 0.3 is 5.97 Å². The summed E-state index contributed by atoms with van der Waals surface area (Å²) in [6.45, 7) is 1.70. The van der Waals surface area contributed by atoms with Crippen LogP contribution in [-0.4, -0.2) is 27.0 Å². The number of carbonyl (C=O) groups is 2. The van der Waals surface area contributed by atoms with Crippen LogP contribution in [-0.2, 0) is 11.2 Å². The van der Waals surface area contributed by atoms with Gasteiger partial charge in [0.05, 0.1) is 12.1 Å². The lowest BCUT2D eigenvalue weighted by molar-refractivity contribution is -0.136. The summed E-state index contributed by atoms with van der Waals surface area (Å²) in [5.41, 5.74) is 8.34. The van der Waals surface area contributed by atoms with Crippen LogP contribution in [0.3, 0.4) is 0 Å². The van der Waals surface area contributed by atoms with Crippen molar-refractivity contribution in [3.05, 3.63) is 71.4 Å². The topological polar surface area (TPSA) is 118 Å². The SMILES string of the molecule is Cc1nc(-c2ccccc2)nc(Nc2ccc(CC(=O)O)cc2)c1C(N)=O. The van der Waals surface area contributed by atoms with Crippen LogP contribution in [0, 0.1) is 6.92 Å². The summed E-state index contributed by atoms with van der Waals surface area (Å²) >= 11 is 0. The van der Waals surface area contributed by atoms with Crippen LogP contribution in [0.15, 0.2) is 54.6 Å². The third-order valence-electron chi connectivity index (χ3n) is 3.94. The number of carbonyl (C=O) groups excluding carboxylic acids is 1. The van der Waals surface area contributed by atoms with Crippen LogP contribution in [0.1, 0.15) is 21.6 Å². The maximum absolute atomic E-state index is 11.9. The van der Waals surface area contributed by atoms with Crippen LogP contribution >= 0.6 is 0 Å². The molecule has 27 heavy (non-hydrogen) atoms. The Kier molecular flexibility index (Phi) is 5.12. The lowest BCUT2D eigenvalue weighted by Gasteiger charge is -2.13. The number of anilines is 2. The van der Waals surface area contributed by atoms with Crippen LogP contribution in [0.4, 0.5) is 11.5 Å². The number of amides is 1. The summed E-state index contributed by atoms with van der Waals surface area (Å²) < 4.78 is 0. The number of hydrogen-bond donors (Lipinski definition) is 3. The first-order valence-electron chi connectivity index (χ1n) is 8.25. The van der Waals surface area contributed by atoms with E-state index in [-0.39, 0.29) is 12.0 Å². The molecule has 136 valence electrons. The highest BCUT2D eigenvalue weighted by molar-refractivity contribution is 5.99. The third kappa shape index (κ3) is 4.27. The Morgan fingerprint density at radius 2 is 1.70 bits per heavy atom. The molecule has 0 saturated carbocycles. The van der Waals surface area contributed by atoms with E-state index in [9.17, 15) is 9.59 Å². The summed E-state index contributed by atoms with van der Waals surface area (Å²) in [6.07, 6.45) is -0.0580. The zero-order valence-corrected chi connectivity index (χ0v) is 14.6. The Balaban J connectivity index is 1.98. The zero-order chi connectivity index (χ0) is 19.4. The second-order valence-electron chi connectivity index (χ2n) is 5.98. The van der Waals surface area contributed by atoms with Crippen molar-refractivity contribution in [1.29, 1.82) is 0 Å². The van der Waals surface area contributed by atoms with Crippen LogP contribution in [0.2, 0.25) is 0 Å². The fourth-order valence-corrected chi connectivity index (χ4v) is 2.69. The van der Waals surface area contributed by atoms with Crippen molar-refractivity contribution in [3.63, 3.8) is 0 Å². The molecule has 0 spiro atoms. The summed E-state index contributed by atoms with van der Waals surface area (Å²) in [4.78, 5) is 31.6. The van der Waals surface area contributed by atoms with Gasteiger partial charge < -0.3 is 16.2 Å². The van der Waals surface area contributed by atoms with Crippen molar-refractivity contribution < 1.29 is 14.7 Å². The second kappa shape index (κ2) is 7.65. The molecule has 0 radical (unpaired) electrons. The van der Waals surface area contributed by atoms with Gasteiger partial charge in [-0.25, -0.2) is 9.97 Å². The molecule has 7 nitrogen and oxygen atoms in total. The number of primary amides is 1. The maximum atomic E-state index is 11.9. The molecule has 3 aromatic rings. The Hall–Kier alpha value is -3.74. The number of aliphatic carboxylic acids is 1. The van der Waals surface area contributed by atoms with Gasteiger partial charge in [0.25, 0.3) is 5.91 Å². The summed E-state index contributed by atoms with van der Waals surface area (Å²) in [6, 6.07) is 16.3. The zero-order valence-electron chi connectivity index (χ0n) is 14.6. The molecule has 0 aliphatic rings.